The van der Waals surface area contributed by atoms with Gasteiger partial charge in [0.05, 0.1) is 0 Å². The zero-order valence-corrected chi connectivity index (χ0v) is 10.9. The number of hydrogen-bond acceptors (Lipinski definition) is 2. The molecule has 0 amide bonds. The van der Waals surface area contributed by atoms with Gasteiger partial charge in [-0.3, -0.25) is 0 Å². The summed E-state index contributed by atoms with van der Waals surface area (Å²) in [7, 11) is 0. The van der Waals surface area contributed by atoms with E-state index in [-0.39, 0.29) is 0 Å². The Bertz CT molecular complexity index is 243. The third-order valence-electron chi connectivity index (χ3n) is 2.90. The van der Waals surface area contributed by atoms with Crippen LogP contribution in [0.1, 0.15) is 38.5 Å². The van der Waals surface area contributed by atoms with Crippen molar-refractivity contribution in [1.82, 2.24) is 5.32 Å². The minimum absolute atomic E-state index is 0.647. The first-order valence-corrected chi connectivity index (χ1v) is 6.91. The highest BCUT2D eigenvalue weighted by Crippen LogP contribution is 2.18. The average molecular weight is 225 g/mol. The summed E-state index contributed by atoms with van der Waals surface area (Å²) in [5.41, 5.74) is 0. The van der Waals surface area contributed by atoms with Gasteiger partial charge < -0.3 is 5.32 Å². The summed E-state index contributed by atoms with van der Waals surface area (Å²) in [6, 6.07) is 5.04. The maximum absolute atomic E-state index is 3.61. The van der Waals surface area contributed by atoms with Gasteiger partial charge in [-0.05, 0) is 36.8 Å². The van der Waals surface area contributed by atoms with Crippen LogP contribution in [0.25, 0.3) is 0 Å². The van der Waals surface area contributed by atoms with Crippen LogP contribution < -0.4 is 5.32 Å². The molecule has 1 aromatic heterocycles. The van der Waals surface area contributed by atoms with Crippen molar-refractivity contribution in [2.24, 2.45) is 5.92 Å². The molecule has 0 saturated heterocycles. The lowest BCUT2D eigenvalue weighted by Crippen LogP contribution is -2.36. The molecule has 0 aliphatic rings. The van der Waals surface area contributed by atoms with Crippen molar-refractivity contribution in [1.29, 1.82) is 0 Å². The van der Waals surface area contributed by atoms with Gasteiger partial charge in [0.25, 0.3) is 0 Å². The fraction of sp³-hybridized carbons (Fsp3) is 0.692. The molecule has 2 heteroatoms. The Balaban J connectivity index is 2.49. The summed E-state index contributed by atoms with van der Waals surface area (Å²) in [6.07, 6.45) is 3.79. The quantitative estimate of drug-likeness (QED) is 0.746. The number of hydrogen-bond donors (Lipinski definition) is 1. The number of rotatable bonds is 7. The molecular formula is C13H23NS. The van der Waals surface area contributed by atoms with Crippen molar-refractivity contribution in [3.05, 3.63) is 22.4 Å². The van der Waals surface area contributed by atoms with Gasteiger partial charge in [-0.15, -0.1) is 11.3 Å². The van der Waals surface area contributed by atoms with Gasteiger partial charge in [-0.25, -0.2) is 0 Å². The van der Waals surface area contributed by atoms with E-state index in [1.165, 1.54) is 24.1 Å². The second-order valence-corrected chi connectivity index (χ2v) is 5.25. The normalized spacial score (nSPS) is 15.1. The molecule has 0 fully saturated rings. The Hall–Kier alpha value is -0.340. The van der Waals surface area contributed by atoms with Crippen LogP contribution in [0, 0.1) is 5.92 Å². The molecule has 1 rings (SSSR count). The number of thiophene rings is 1. The van der Waals surface area contributed by atoms with Crippen LogP contribution in [0.5, 0.6) is 0 Å². The van der Waals surface area contributed by atoms with E-state index < -0.39 is 0 Å². The molecule has 1 aromatic rings. The van der Waals surface area contributed by atoms with E-state index in [0.717, 1.165) is 12.5 Å². The summed E-state index contributed by atoms with van der Waals surface area (Å²) in [5, 5.41) is 5.78. The van der Waals surface area contributed by atoms with Crippen molar-refractivity contribution in [3.8, 4) is 0 Å². The maximum Gasteiger partial charge on any atom is 0.0141 e. The van der Waals surface area contributed by atoms with Crippen LogP contribution >= 0.6 is 11.3 Å². The van der Waals surface area contributed by atoms with E-state index in [1.54, 1.807) is 0 Å². The first kappa shape index (κ1) is 12.7. The van der Waals surface area contributed by atoms with E-state index >= 15 is 0 Å². The van der Waals surface area contributed by atoms with Crippen LogP contribution in [-0.4, -0.2) is 12.6 Å². The lowest BCUT2D eigenvalue weighted by atomic mass is 9.94. The molecule has 1 N–H and O–H groups in total. The molecule has 0 saturated carbocycles. The predicted octanol–water partition coefficient (Wildman–Crippen LogP) is 3.70. The minimum Gasteiger partial charge on any atom is -0.314 e. The molecule has 0 bridgehead atoms. The van der Waals surface area contributed by atoms with E-state index in [2.05, 4.69) is 43.6 Å². The fourth-order valence-corrected chi connectivity index (χ4v) is 2.80. The molecule has 0 aliphatic carbocycles. The van der Waals surface area contributed by atoms with Gasteiger partial charge in [-0.2, -0.15) is 0 Å². The maximum atomic E-state index is 3.61. The summed E-state index contributed by atoms with van der Waals surface area (Å²) >= 11 is 1.87. The Morgan fingerprint density at radius 3 is 2.73 bits per heavy atom. The largest absolute Gasteiger partial charge is 0.314 e. The predicted molar refractivity (Wildman–Crippen MR) is 69.6 cm³/mol. The van der Waals surface area contributed by atoms with Gasteiger partial charge in [0.2, 0.25) is 0 Å². The van der Waals surface area contributed by atoms with Crippen LogP contribution in [0.3, 0.4) is 0 Å². The lowest BCUT2D eigenvalue weighted by Gasteiger charge is -2.24. The van der Waals surface area contributed by atoms with Crippen molar-refractivity contribution in [3.63, 3.8) is 0 Å². The first-order chi connectivity index (χ1) is 7.27. The summed E-state index contributed by atoms with van der Waals surface area (Å²) in [4.78, 5) is 1.50. The van der Waals surface area contributed by atoms with Crippen molar-refractivity contribution < 1.29 is 0 Å². The molecule has 0 radical (unpaired) electrons. The molecule has 86 valence electrons. The fourth-order valence-electron chi connectivity index (χ4n) is 2.04. The molecule has 1 heterocycles. The average Bonchev–Trinajstić information content (AvgIpc) is 2.70. The van der Waals surface area contributed by atoms with Crippen LogP contribution in [0.15, 0.2) is 17.5 Å². The second kappa shape index (κ2) is 7.02. The van der Waals surface area contributed by atoms with Crippen molar-refractivity contribution >= 4 is 11.3 Å². The zero-order valence-electron chi connectivity index (χ0n) is 10.1. The molecule has 2 atom stereocenters. The molecule has 0 spiro atoms. The van der Waals surface area contributed by atoms with Gasteiger partial charge in [0.15, 0.2) is 0 Å². The SMILES string of the molecule is CCCC(C)C(Cc1cccs1)NCC. The molecule has 1 nitrogen and oxygen atoms in total. The molecule has 0 aromatic carbocycles. The van der Waals surface area contributed by atoms with Crippen LogP contribution in [0.4, 0.5) is 0 Å². The first-order valence-electron chi connectivity index (χ1n) is 6.03. The van der Waals surface area contributed by atoms with E-state index in [9.17, 15) is 0 Å². The van der Waals surface area contributed by atoms with Gasteiger partial charge in [0.1, 0.15) is 0 Å². The number of nitrogens with one attached hydrogen (secondary N) is 1. The summed E-state index contributed by atoms with van der Waals surface area (Å²) < 4.78 is 0. The Morgan fingerprint density at radius 2 is 2.20 bits per heavy atom. The number of likely N-dealkylation sites (N-methyl/N-ethyl adjacent to an activating group) is 1. The lowest BCUT2D eigenvalue weighted by molar-refractivity contribution is 0.359. The van der Waals surface area contributed by atoms with Crippen LogP contribution in [0.2, 0.25) is 0 Å². The van der Waals surface area contributed by atoms with Gasteiger partial charge >= 0.3 is 0 Å². The van der Waals surface area contributed by atoms with Crippen molar-refractivity contribution in [2.75, 3.05) is 6.54 Å². The highest BCUT2D eigenvalue weighted by atomic mass is 32.1. The topological polar surface area (TPSA) is 12.0 Å². The van der Waals surface area contributed by atoms with Crippen LogP contribution in [-0.2, 0) is 6.42 Å². The van der Waals surface area contributed by atoms with E-state index in [4.69, 9.17) is 0 Å². The monoisotopic (exact) mass is 225 g/mol. The minimum atomic E-state index is 0.647. The Kier molecular flexibility index (Phi) is 5.96. The second-order valence-electron chi connectivity index (χ2n) is 4.21. The highest BCUT2D eigenvalue weighted by Gasteiger charge is 2.16. The standard InChI is InChI=1S/C13H23NS/c1-4-7-11(3)13(14-5-2)10-12-8-6-9-15-12/h6,8-9,11,13-14H,4-5,7,10H2,1-3H3. The Morgan fingerprint density at radius 1 is 1.40 bits per heavy atom. The van der Waals surface area contributed by atoms with Gasteiger partial charge in [-0.1, -0.05) is 33.3 Å². The molecule has 15 heavy (non-hydrogen) atoms. The molecular weight excluding hydrogens is 202 g/mol. The highest BCUT2D eigenvalue weighted by molar-refractivity contribution is 7.09. The smallest absolute Gasteiger partial charge is 0.0141 e. The van der Waals surface area contributed by atoms with Crippen molar-refractivity contribution in [2.45, 2.75) is 46.1 Å². The third kappa shape index (κ3) is 4.35. The van der Waals surface area contributed by atoms with E-state index in [1.807, 2.05) is 11.3 Å². The third-order valence-corrected chi connectivity index (χ3v) is 3.80. The molecule has 0 aliphatic heterocycles. The van der Waals surface area contributed by atoms with E-state index in [0.29, 0.717) is 6.04 Å². The summed E-state index contributed by atoms with van der Waals surface area (Å²) in [6.45, 7) is 7.90. The molecule has 2 unspecified atom stereocenters. The summed E-state index contributed by atoms with van der Waals surface area (Å²) in [5.74, 6) is 0.775. The van der Waals surface area contributed by atoms with Gasteiger partial charge in [0, 0.05) is 10.9 Å². The zero-order chi connectivity index (χ0) is 11.1. The Labute approximate surface area is 97.9 Å².